The average molecular weight is 247 g/mol. The maximum Gasteiger partial charge on any atom is 0.254 e. The first-order valence-electron chi connectivity index (χ1n) is 6.41. The SMILES string of the molecule is O=C(c1ccc2c(c1)COC2)N1CCCC1CO. The molecular weight excluding hydrogens is 230 g/mol. The molecular formula is C14H17NO3. The van der Waals surface area contributed by atoms with Crippen molar-refractivity contribution in [2.45, 2.75) is 32.1 Å². The largest absolute Gasteiger partial charge is 0.394 e. The van der Waals surface area contributed by atoms with Gasteiger partial charge in [0.05, 0.1) is 25.9 Å². The van der Waals surface area contributed by atoms with Crippen LogP contribution in [0.4, 0.5) is 0 Å². The van der Waals surface area contributed by atoms with Crippen LogP contribution in [0.5, 0.6) is 0 Å². The minimum atomic E-state index is -0.0120. The summed E-state index contributed by atoms with van der Waals surface area (Å²) in [6.45, 7) is 2.05. The van der Waals surface area contributed by atoms with Gasteiger partial charge in [-0.2, -0.15) is 0 Å². The zero-order chi connectivity index (χ0) is 12.5. The Morgan fingerprint density at radius 2 is 2.22 bits per heavy atom. The lowest BCUT2D eigenvalue weighted by atomic mass is 10.1. The van der Waals surface area contributed by atoms with Crippen LogP contribution < -0.4 is 0 Å². The van der Waals surface area contributed by atoms with Gasteiger partial charge in [0.25, 0.3) is 5.91 Å². The molecule has 4 nitrogen and oxygen atoms in total. The number of aliphatic hydroxyl groups is 1. The zero-order valence-electron chi connectivity index (χ0n) is 10.3. The summed E-state index contributed by atoms with van der Waals surface area (Å²) >= 11 is 0. The van der Waals surface area contributed by atoms with Crippen LogP contribution in [0.3, 0.4) is 0 Å². The van der Waals surface area contributed by atoms with E-state index in [1.807, 2.05) is 18.2 Å². The number of nitrogens with zero attached hydrogens (tertiary/aromatic N) is 1. The molecule has 1 aromatic rings. The lowest BCUT2D eigenvalue weighted by Gasteiger charge is -2.23. The summed E-state index contributed by atoms with van der Waals surface area (Å²) in [6.07, 6.45) is 1.88. The Morgan fingerprint density at radius 1 is 1.39 bits per heavy atom. The van der Waals surface area contributed by atoms with Crippen LogP contribution in [0.2, 0.25) is 0 Å². The first kappa shape index (κ1) is 11.7. The van der Waals surface area contributed by atoms with E-state index in [1.54, 1.807) is 4.90 Å². The summed E-state index contributed by atoms with van der Waals surface area (Å²) in [6, 6.07) is 5.75. The minimum Gasteiger partial charge on any atom is -0.394 e. The second-order valence-corrected chi connectivity index (χ2v) is 4.95. The number of likely N-dealkylation sites (tertiary alicyclic amines) is 1. The van der Waals surface area contributed by atoms with Crippen molar-refractivity contribution < 1.29 is 14.6 Å². The second kappa shape index (κ2) is 4.71. The van der Waals surface area contributed by atoms with Gasteiger partial charge in [-0.05, 0) is 36.1 Å². The Kier molecular flexibility index (Phi) is 3.06. The van der Waals surface area contributed by atoms with Crippen LogP contribution in [0.1, 0.15) is 34.3 Å². The van der Waals surface area contributed by atoms with Gasteiger partial charge >= 0.3 is 0 Å². The van der Waals surface area contributed by atoms with Crippen LogP contribution in [-0.2, 0) is 18.0 Å². The Balaban J connectivity index is 1.84. The topological polar surface area (TPSA) is 49.8 Å². The number of carbonyl (C=O) groups excluding carboxylic acids is 1. The molecule has 3 rings (SSSR count). The number of rotatable bonds is 2. The fourth-order valence-electron chi connectivity index (χ4n) is 2.76. The first-order chi connectivity index (χ1) is 8.79. The van der Waals surface area contributed by atoms with Crippen LogP contribution in [0.25, 0.3) is 0 Å². The maximum atomic E-state index is 12.4. The van der Waals surface area contributed by atoms with Crippen molar-refractivity contribution in [2.75, 3.05) is 13.2 Å². The summed E-state index contributed by atoms with van der Waals surface area (Å²) in [5.41, 5.74) is 2.99. The molecule has 0 aliphatic carbocycles. The molecule has 1 atom stereocenters. The summed E-state index contributed by atoms with van der Waals surface area (Å²) in [5.74, 6) is 0.0289. The molecule has 0 saturated carbocycles. The average Bonchev–Trinajstić information content (AvgIpc) is 3.05. The summed E-state index contributed by atoms with van der Waals surface area (Å²) in [4.78, 5) is 14.2. The quantitative estimate of drug-likeness (QED) is 0.857. The highest BCUT2D eigenvalue weighted by atomic mass is 16.5. The molecule has 1 saturated heterocycles. The first-order valence-corrected chi connectivity index (χ1v) is 6.41. The highest BCUT2D eigenvalue weighted by molar-refractivity contribution is 5.95. The molecule has 0 bridgehead atoms. The molecule has 1 N–H and O–H groups in total. The van der Waals surface area contributed by atoms with Crippen LogP contribution in [0, 0.1) is 0 Å². The third-order valence-corrected chi connectivity index (χ3v) is 3.82. The smallest absolute Gasteiger partial charge is 0.254 e. The number of aliphatic hydroxyl groups excluding tert-OH is 1. The summed E-state index contributed by atoms with van der Waals surface area (Å²) < 4.78 is 5.35. The summed E-state index contributed by atoms with van der Waals surface area (Å²) in [5, 5.41) is 9.27. The Bertz CT molecular complexity index is 472. The maximum absolute atomic E-state index is 12.4. The third kappa shape index (κ3) is 1.91. The van der Waals surface area contributed by atoms with Crippen molar-refractivity contribution in [3.8, 4) is 0 Å². The van der Waals surface area contributed by atoms with E-state index >= 15 is 0 Å². The lowest BCUT2D eigenvalue weighted by molar-refractivity contribution is 0.0677. The predicted octanol–water partition coefficient (Wildman–Crippen LogP) is 1.31. The van der Waals surface area contributed by atoms with Gasteiger partial charge in [-0.3, -0.25) is 4.79 Å². The number of hydrogen-bond donors (Lipinski definition) is 1. The van der Waals surface area contributed by atoms with Crippen molar-refractivity contribution >= 4 is 5.91 Å². The molecule has 1 fully saturated rings. The molecule has 1 amide bonds. The second-order valence-electron chi connectivity index (χ2n) is 4.95. The fourth-order valence-corrected chi connectivity index (χ4v) is 2.76. The van der Waals surface area contributed by atoms with Crippen molar-refractivity contribution in [1.82, 2.24) is 4.90 Å². The fraction of sp³-hybridized carbons (Fsp3) is 0.500. The Labute approximate surface area is 106 Å². The molecule has 1 aromatic carbocycles. The highest BCUT2D eigenvalue weighted by Crippen LogP contribution is 2.24. The number of benzene rings is 1. The molecule has 0 radical (unpaired) electrons. The molecule has 2 heterocycles. The van der Waals surface area contributed by atoms with Crippen molar-refractivity contribution in [3.63, 3.8) is 0 Å². The van der Waals surface area contributed by atoms with Gasteiger partial charge in [0.1, 0.15) is 0 Å². The van der Waals surface area contributed by atoms with Gasteiger partial charge < -0.3 is 14.7 Å². The predicted molar refractivity (Wildman–Crippen MR) is 66.1 cm³/mol. The molecule has 96 valence electrons. The normalized spacial score (nSPS) is 22.3. The van der Waals surface area contributed by atoms with E-state index in [2.05, 4.69) is 0 Å². The van der Waals surface area contributed by atoms with Crippen LogP contribution in [-0.4, -0.2) is 35.1 Å². The molecule has 4 heteroatoms. The number of hydrogen-bond acceptors (Lipinski definition) is 3. The van der Waals surface area contributed by atoms with E-state index in [-0.39, 0.29) is 18.6 Å². The van der Waals surface area contributed by atoms with E-state index in [0.29, 0.717) is 18.8 Å². The van der Waals surface area contributed by atoms with E-state index in [9.17, 15) is 9.90 Å². The van der Waals surface area contributed by atoms with Crippen LogP contribution in [0.15, 0.2) is 18.2 Å². The van der Waals surface area contributed by atoms with Gasteiger partial charge in [0, 0.05) is 12.1 Å². The van der Waals surface area contributed by atoms with Gasteiger partial charge in [-0.15, -0.1) is 0 Å². The molecule has 2 aliphatic heterocycles. The number of carbonyl (C=O) groups is 1. The molecule has 0 spiro atoms. The Morgan fingerprint density at radius 3 is 3.06 bits per heavy atom. The van der Waals surface area contributed by atoms with E-state index in [1.165, 1.54) is 5.56 Å². The van der Waals surface area contributed by atoms with Gasteiger partial charge in [-0.25, -0.2) is 0 Å². The molecule has 0 aromatic heterocycles. The molecule has 18 heavy (non-hydrogen) atoms. The third-order valence-electron chi connectivity index (χ3n) is 3.82. The monoisotopic (exact) mass is 247 g/mol. The standard InChI is InChI=1S/C14H17NO3/c16-7-13-2-1-5-15(13)14(17)10-3-4-11-8-18-9-12(11)6-10/h3-4,6,13,16H,1-2,5,7-9H2. The van der Waals surface area contributed by atoms with Crippen molar-refractivity contribution in [1.29, 1.82) is 0 Å². The van der Waals surface area contributed by atoms with E-state index in [4.69, 9.17) is 4.74 Å². The highest BCUT2D eigenvalue weighted by Gasteiger charge is 2.29. The number of fused-ring (bicyclic) bond motifs is 1. The van der Waals surface area contributed by atoms with Gasteiger partial charge in [0.2, 0.25) is 0 Å². The molecule has 1 unspecified atom stereocenters. The van der Waals surface area contributed by atoms with Crippen molar-refractivity contribution in [3.05, 3.63) is 34.9 Å². The lowest BCUT2D eigenvalue weighted by Crippen LogP contribution is -2.37. The van der Waals surface area contributed by atoms with Crippen LogP contribution >= 0.6 is 0 Å². The van der Waals surface area contributed by atoms with Gasteiger partial charge in [-0.1, -0.05) is 6.07 Å². The zero-order valence-corrected chi connectivity index (χ0v) is 10.3. The summed E-state index contributed by atoms with van der Waals surface area (Å²) in [7, 11) is 0. The van der Waals surface area contributed by atoms with E-state index < -0.39 is 0 Å². The Hall–Kier alpha value is -1.39. The number of amides is 1. The van der Waals surface area contributed by atoms with Crippen molar-refractivity contribution in [2.24, 2.45) is 0 Å². The van der Waals surface area contributed by atoms with Gasteiger partial charge in [0.15, 0.2) is 0 Å². The number of ether oxygens (including phenoxy) is 1. The minimum absolute atomic E-state index is 0.0120. The van der Waals surface area contributed by atoms with E-state index in [0.717, 1.165) is 24.9 Å². The molecule has 2 aliphatic rings.